The number of carbonyl (C=O) groups excluding carboxylic acids is 3. The first-order chi connectivity index (χ1) is 20.4. The molecular formula is C33H35FN6O3. The lowest BCUT2D eigenvalue weighted by Crippen LogP contribution is -2.51. The van der Waals surface area contributed by atoms with Crippen LogP contribution in [0.25, 0.3) is 22.0 Å². The van der Waals surface area contributed by atoms with Crippen molar-refractivity contribution in [2.24, 2.45) is 5.41 Å². The highest BCUT2D eigenvalue weighted by molar-refractivity contribution is 6.07. The Bertz CT molecular complexity index is 1770. The van der Waals surface area contributed by atoms with Crippen LogP contribution in [0.15, 0.2) is 48.8 Å². The fraction of sp³-hybridized carbons (Fsp3) is 0.394. The van der Waals surface area contributed by atoms with E-state index in [0.717, 1.165) is 23.1 Å². The molecule has 2 unspecified atom stereocenters. The third-order valence-corrected chi connectivity index (χ3v) is 8.87. The zero-order valence-corrected chi connectivity index (χ0v) is 25.0. The minimum absolute atomic E-state index is 0.0269. The first-order valence-electron chi connectivity index (χ1n) is 14.6. The number of aromatic nitrogens is 4. The van der Waals surface area contributed by atoms with Crippen molar-refractivity contribution in [3.8, 4) is 11.1 Å². The topological polar surface area (TPSA) is 110 Å². The van der Waals surface area contributed by atoms with Crippen LogP contribution in [0.1, 0.15) is 61.1 Å². The average Bonchev–Trinajstić information content (AvgIpc) is 3.30. The van der Waals surface area contributed by atoms with E-state index in [1.165, 1.54) is 13.0 Å². The predicted molar refractivity (Wildman–Crippen MR) is 160 cm³/mol. The molecular weight excluding hydrogens is 547 g/mol. The van der Waals surface area contributed by atoms with Crippen LogP contribution >= 0.6 is 0 Å². The Morgan fingerprint density at radius 3 is 2.51 bits per heavy atom. The van der Waals surface area contributed by atoms with Gasteiger partial charge in [-0.25, -0.2) is 14.4 Å². The molecule has 0 bridgehead atoms. The van der Waals surface area contributed by atoms with Gasteiger partial charge in [0, 0.05) is 42.4 Å². The van der Waals surface area contributed by atoms with Crippen molar-refractivity contribution in [1.82, 2.24) is 30.0 Å². The molecule has 4 atom stereocenters. The van der Waals surface area contributed by atoms with Crippen molar-refractivity contribution < 1.29 is 18.8 Å². The summed E-state index contributed by atoms with van der Waals surface area (Å²) in [6.07, 6.45) is 5.25. The zero-order chi connectivity index (χ0) is 30.6. The lowest BCUT2D eigenvalue weighted by molar-refractivity contribution is -0.140. The highest BCUT2D eigenvalue weighted by Crippen LogP contribution is 2.59. The molecule has 43 heavy (non-hydrogen) atoms. The van der Waals surface area contributed by atoms with Gasteiger partial charge < -0.3 is 10.2 Å². The molecule has 222 valence electrons. The van der Waals surface area contributed by atoms with Crippen LogP contribution in [-0.4, -0.2) is 60.4 Å². The summed E-state index contributed by atoms with van der Waals surface area (Å²) in [5.41, 5.74) is 3.94. The van der Waals surface area contributed by atoms with Gasteiger partial charge in [0.15, 0.2) is 5.78 Å². The van der Waals surface area contributed by atoms with Crippen molar-refractivity contribution in [1.29, 1.82) is 0 Å². The number of hydrogen-bond acceptors (Lipinski definition) is 6. The van der Waals surface area contributed by atoms with Crippen LogP contribution in [-0.2, 0) is 22.6 Å². The molecule has 4 aromatic rings. The van der Waals surface area contributed by atoms with Gasteiger partial charge in [0.2, 0.25) is 11.8 Å². The van der Waals surface area contributed by atoms with Gasteiger partial charge in [-0.05, 0) is 80.3 Å². The molecule has 3 heterocycles. The fourth-order valence-corrected chi connectivity index (χ4v) is 6.56. The van der Waals surface area contributed by atoms with Crippen molar-refractivity contribution >= 4 is 28.5 Å². The summed E-state index contributed by atoms with van der Waals surface area (Å²) in [4.78, 5) is 50.3. The van der Waals surface area contributed by atoms with Crippen LogP contribution in [0.3, 0.4) is 0 Å². The molecule has 10 heteroatoms. The van der Waals surface area contributed by atoms with Gasteiger partial charge in [-0.2, -0.15) is 5.10 Å². The Hall–Kier alpha value is -4.47. The monoisotopic (exact) mass is 582 g/mol. The minimum atomic E-state index is -0.623. The summed E-state index contributed by atoms with van der Waals surface area (Å²) in [6, 6.07) is 9.44. The number of rotatable bonds is 8. The number of hydrogen-bond donors (Lipinski definition) is 1. The standard InChI is InChI=1S/C33H35FN6O3/c1-18-10-23(24-15-35-21(4)36-16-24)12-25-30(20(3)41)38-39(31(18)25)17-29(42)40-27(13-33(5)14-28(33)40)32(43)37-19(2)11-22-8-6-7-9-26(22)34/h6-10,12,15-16,19,27-28H,11,13-14,17H2,1-5H3,(H,37,43)/t19?,27-,28?,33-/m0/s1. The van der Waals surface area contributed by atoms with Crippen molar-refractivity contribution in [3.05, 3.63) is 77.3 Å². The predicted octanol–water partition coefficient (Wildman–Crippen LogP) is 4.58. The summed E-state index contributed by atoms with van der Waals surface area (Å²) in [7, 11) is 0. The normalized spacial score (nSPS) is 21.5. The number of ketones is 1. The molecule has 1 N–H and O–H groups in total. The summed E-state index contributed by atoms with van der Waals surface area (Å²) in [5, 5.41) is 8.26. The van der Waals surface area contributed by atoms with Crippen LogP contribution < -0.4 is 5.32 Å². The van der Waals surface area contributed by atoms with E-state index in [1.807, 2.05) is 32.9 Å². The number of carbonyl (C=O) groups is 3. The molecule has 0 spiro atoms. The van der Waals surface area contributed by atoms with Gasteiger partial charge in [-0.1, -0.05) is 25.1 Å². The Morgan fingerprint density at radius 1 is 1.09 bits per heavy atom. The van der Waals surface area contributed by atoms with E-state index in [9.17, 15) is 18.8 Å². The highest BCUT2D eigenvalue weighted by Gasteiger charge is 2.64. The number of nitrogens with one attached hydrogen (secondary N) is 1. The van der Waals surface area contributed by atoms with E-state index in [4.69, 9.17) is 0 Å². The van der Waals surface area contributed by atoms with Gasteiger partial charge in [0.25, 0.3) is 0 Å². The summed E-state index contributed by atoms with van der Waals surface area (Å²) in [6.45, 7) is 9.05. The molecule has 1 saturated carbocycles. The summed E-state index contributed by atoms with van der Waals surface area (Å²) >= 11 is 0. The van der Waals surface area contributed by atoms with Gasteiger partial charge in [-0.15, -0.1) is 0 Å². The molecule has 2 aromatic carbocycles. The Labute approximate surface area is 249 Å². The Balaban J connectivity index is 1.26. The molecule has 2 aliphatic rings. The molecule has 2 fully saturated rings. The number of piperidine rings is 1. The van der Waals surface area contributed by atoms with Crippen molar-refractivity contribution in [2.75, 3.05) is 0 Å². The minimum Gasteiger partial charge on any atom is -0.352 e. The largest absolute Gasteiger partial charge is 0.352 e. The fourth-order valence-electron chi connectivity index (χ4n) is 6.56. The Kier molecular flexibility index (Phi) is 7.10. The smallest absolute Gasteiger partial charge is 0.245 e. The zero-order valence-electron chi connectivity index (χ0n) is 25.0. The highest BCUT2D eigenvalue weighted by atomic mass is 19.1. The van der Waals surface area contributed by atoms with Crippen LogP contribution in [0.5, 0.6) is 0 Å². The average molecular weight is 583 g/mol. The number of fused-ring (bicyclic) bond motifs is 2. The van der Waals surface area contributed by atoms with Crippen molar-refractivity contribution in [3.63, 3.8) is 0 Å². The van der Waals surface area contributed by atoms with Crippen LogP contribution in [0.2, 0.25) is 0 Å². The van der Waals surface area contributed by atoms with E-state index >= 15 is 0 Å². The quantitative estimate of drug-likeness (QED) is 0.305. The van der Waals surface area contributed by atoms with Gasteiger partial charge in [-0.3, -0.25) is 19.1 Å². The van der Waals surface area contributed by atoms with Crippen LogP contribution in [0.4, 0.5) is 4.39 Å². The molecule has 2 amide bonds. The molecule has 6 rings (SSSR count). The van der Waals surface area contributed by atoms with Gasteiger partial charge in [0.05, 0.1) is 5.52 Å². The lowest BCUT2D eigenvalue weighted by Gasteiger charge is -2.28. The first kappa shape index (κ1) is 28.6. The Morgan fingerprint density at radius 2 is 1.81 bits per heavy atom. The first-order valence-corrected chi connectivity index (χ1v) is 14.6. The van der Waals surface area contributed by atoms with Gasteiger partial charge >= 0.3 is 0 Å². The third-order valence-electron chi connectivity index (χ3n) is 8.87. The second kappa shape index (κ2) is 10.7. The van der Waals surface area contributed by atoms with E-state index in [2.05, 4.69) is 27.3 Å². The second-order valence-electron chi connectivity index (χ2n) is 12.4. The number of nitrogens with zero attached hydrogens (tertiary/aromatic N) is 5. The molecule has 9 nitrogen and oxygen atoms in total. The van der Waals surface area contributed by atoms with E-state index in [-0.39, 0.29) is 53.2 Å². The molecule has 1 aliphatic carbocycles. The number of aryl methyl sites for hydroxylation is 2. The summed E-state index contributed by atoms with van der Waals surface area (Å²) < 4.78 is 15.8. The van der Waals surface area contributed by atoms with E-state index in [1.54, 1.807) is 40.2 Å². The number of halogens is 1. The lowest BCUT2D eigenvalue weighted by atomic mass is 10.0. The van der Waals surface area contributed by atoms with E-state index < -0.39 is 6.04 Å². The third kappa shape index (κ3) is 5.30. The maximum Gasteiger partial charge on any atom is 0.245 e. The number of amides is 2. The molecule has 2 aromatic heterocycles. The van der Waals surface area contributed by atoms with Gasteiger partial charge in [0.1, 0.15) is 29.9 Å². The van der Waals surface area contributed by atoms with E-state index in [0.29, 0.717) is 35.1 Å². The number of Topliss-reactive ketones (excluding diaryl/α,β-unsaturated/α-hetero) is 1. The summed E-state index contributed by atoms with van der Waals surface area (Å²) in [5.74, 6) is -0.298. The van der Waals surface area contributed by atoms with Crippen molar-refractivity contribution in [2.45, 2.75) is 78.6 Å². The maximum absolute atomic E-state index is 14.2. The molecule has 1 aliphatic heterocycles. The number of likely N-dealkylation sites (tertiary alicyclic amines) is 1. The second-order valence-corrected chi connectivity index (χ2v) is 12.4. The molecule has 1 saturated heterocycles. The molecule has 0 radical (unpaired) electrons. The van der Waals surface area contributed by atoms with Crippen LogP contribution in [0, 0.1) is 25.1 Å². The SMILES string of the molecule is CC(=O)c1nn(CC(=O)N2C3C[C@]3(C)C[C@H]2C(=O)NC(C)Cc2ccccc2F)c2c(C)cc(-c3cnc(C)nc3)cc12. The number of benzene rings is 2. The maximum atomic E-state index is 14.2.